The number of hydrogen-bond acceptors (Lipinski definition) is 4. The summed E-state index contributed by atoms with van der Waals surface area (Å²) in [5.41, 5.74) is -2.65. The van der Waals surface area contributed by atoms with E-state index in [2.05, 4.69) is 0 Å². The van der Waals surface area contributed by atoms with Crippen LogP contribution in [-0.4, -0.2) is 28.1 Å². The Hall–Kier alpha value is -1.68. The Morgan fingerprint density at radius 3 is 2.00 bits per heavy atom. The lowest BCUT2D eigenvalue weighted by Gasteiger charge is -2.26. The fraction of sp³-hybridized carbons (Fsp3) is 0.429. The van der Waals surface area contributed by atoms with Gasteiger partial charge in [0.25, 0.3) is 0 Å². The predicted molar refractivity (Wildman–Crippen MR) is 67.2 cm³/mol. The minimum atomic E-state index is -2.17. The van der Waals surface area contributed by atoms with E-state index in [4.69, 9.17) is 4.74 Å². The first kappa shape index (κ1) is 14.4. The number of carbonyl (C=O) groups is 2. The van der Waals surface area contributed by atoms with Gasteiger partial charge in [-0.05, 0) is 27.7 Å². The zero-order valence-corrected chi connectivity index (χ0v) is 11.1. The van der Waals surface area contributed by atoms with Crippen molar-refractivity contribution < 1.29 is 19.4 Å². The molecule has 0 unspecified atom stereocenters. The molecule has 0 aliphatic carbocycles. The molecule has 0 aliphatic heterocycles. The second-order valence-corrected chi connectivity index (χ2v) is 5.27. The molecular weight excluding hydrogens is 232 g/mol. The highest BCUT2D eigenvalue weighted by atomic mass is 16.6. The molecule has 0 radical (unpaired) electrons. The summed E-state index contributed by atoms with van der Waals surface area (Å²) in [6.45, 7) is 6.17. The maximum Gasteiger partial charge on any atom is 0.346 e. The van der Waals surface area contributed by atoms with E-state index in [0.29, 0.717) is 0 Å². The average molecular weight is 250 g/mol. The third-order valence-electron chi connectivity index (χ3n) is 2.27. The van der Waals surface area contributed by atoms with Gasteiger partial charge in [0.1, 0.15) is 5.60 Å². The Balaban J connectivity index is 2.93. The molecule has 0 heterocycles. The molecule has 0 aliphatic rings. The molecule has 0 saturated heterocycles. The molecule has 1 rings (SSSR count). The van der Waals surface area contributed by atoms with Crippen molar-refractivity contribution in [2.45, 2.75) is 38.9 Å². The van der Waals surface area contributed by atoms with Crippen LogP contribution in [-0.2, 0) is 9.53 Å². The summed E-state index contributed by atoms with van der Waals surface area (Å²) in [7, 11) is 0. The van der Waals surface area contributed by atoms with E-state index in [1.54, 1.807) is 51.1 Å². The van der Waals surface area contributed by atoms with Gasteiger partial charge in [-0.15, -0.1) is 0 Å². The van der Waals surface area contributed by atoms with Crippen molar-refractivity contribution in [3.05, 3.63) is 35.9 Å². The van der Waals surface area contributed by atoms with E-state index < -0.39 is 23.0 Å². The first-order valence-electron chi connectivity index (χ1n) is 5.70. The van der Waals surface area contributed by atoms with E-state index in [-0.39, 0.29) is 5.56 Å². The molecule has 0 spiro atoms. The van der Waals surface area contributed by atoms with Crippen molar-refractivity contribution in [1.82, 2.24) is 0 Å². The van der Waals surface area contributed by atoms with Crippen LogP contribution < -0.4 is 0 Å². The smallest absolute Gasteiger partial charge is 0.346 e. The van der Waals surface area contributed by atoms with Crippen LogP contribution in [0.3, 0.4) is 0 Å². The van der Waals surface area contributed by atoms with Crippen molar-refractivity contribution in [3.8, 4) is 0 Å². The van der Waals surface area contributed by atoms with Crippen LogP contribution in [0, 0.1) is 0 Å². The highest BCUT2D eigenvalue weighted by Gasteiger charge is 2.42. The Bertz CT molecular complexity index is 441. The Morgan fingerprint density at radius 2 is 1.56 bits per heavy atom. The standard InChI is InChI=1S/C14H18O4/c1-13(2,3)18-12(16)14(4,17)11(15)10-8-6-5-7-9-10/h5-9,17H,1-4H3/t14-/m1/s1. The van der Waals surface area contributed by atoms with Gasteiger partial charge in [0.15, 0.2) is 0 Å². The number of aliphatic hydroxyl groups is 1. The van der Waals surface area contributed by atoms with E-state index in [0.717, 1.165) is 6.92 Å². The number of carbonyl (C=O) groups excluding carboxylic acids is 2. The monoisotopic (exact) mass is 250 g/mol. The summed E-state index contributed by atoms with van der Waals surface area (Å²) in [5, 5.41) is 10.0. The molecule has 0 bridgehead atoms. The summed E-state index contributed by atoms with van der Waals surface area (Å²) in [5.74, 6) is -1.61. The van der Waals surface area contributed by atoms with Crippen LogP contribution >= 0.6 is 0 Å². The normalized spacial score (nSPS) is 14.7. The minimum Gasteiger partial charge on any atom is -0.457 e. The number of rotatable bonds is 3. The first-order chi connectivity index (χ1) is 8.14. The maximum atomic E-state index is 12.0. The summed E-state index contributed by atoms with van der Waals surface area (Å²) in [6.07, 6.45) is 0. The SMILES string of the molecule is CC(C)(C)OC(=O)[C@](C)(O)C(=O)c1ccccc1. The maximum absolute atomic E-state index is 12.0. The zero-order chi connectivity index (χ0) is 14.0. The van der Waals surface area contributed by atoms with Crippen LogP contribution in [0.4, 0.5) is 0 Å². The third-order valence-corrected chi connectivity index (χ3v) is 2.27. The fourth-order valence-electron chi connectivity index (χ4n) is 1.34. The van der Waals surface area contributed by atoms with Gasteiger partial charge in [-0.2, -0.15) is 0 Å². The summed E-state index contributed by atoms with van der Waals surface area (Å²) >= 11 is 0. The molecular formula is C14H18O4. The molecule has 4 heteroatoms. The minimum absolute atomic E-state index is 0.272. The number of hydrogen-bond donors (Lipinski definition) is 1. The lowest BCUT2D eigenvalue weighted by Crippen LogP contribution is -2.47. The van der Waals surface area contributed by atoms with Crippen LogP contribution in [0.1, 0.15) is 38.1 Å². The molecule has 0 amide bonds. The van der Waals surface area contributed by atoms with Gasteiger partial charge in [0, 0.05) is 5.56 Å². The molecule has 1 N–H and O–H groups in total. The summed E-state index contributed by atoms with van der Waals surface area (Å²) in [4.78, 5) is 23.8. The molecule has 1 atom stereocenters. The second-order valence-electron chi connectivity index (χ2n) is 5.27. The zero-order valence-electron chi connectivity index (χ0n) is 11.1. The van der Waals surface area contributed by atoms with Gasteiger partial charge in [-0.3, -0.25) is 4.79 Å². The van der Waals surface area contributed by atoms with Crippen LogP contribution in [0.25, 0.3) is 0 Å². The van der Waals surface area contributed by atoms with Crippen molar-refractivity contribution >= 4 is 11.8 Å². The largest absolute Gasteiger partial charge is 0.457 e. The van der Waals surface area contributed by atoms with Gasteiger partial charge in [0.2, 0.25) is 11.4 Å². The van der Waals surface area contributed by atoms with Crippen molar-refractivity contribution in [2.24, 2.45) is 0 Å². The Labute approximate surface area is 107 Å². The molecule has 4 nitrogen and oxygen atoms in total. The molecule has 0 fully saturated rings. The third kappa shape index (κ3) is 3.40. The van der Waals surface area contributed by atoms with Gasteiger partial charge in [-0.1, -0.05) is 30.3 Å². The topological polar surface area (TPSA) is 63.6 Å². The average Bonchev–Trinajstić information content (AvgIpc) is 2.27. The van der Waals surface area contributed by atoms with Gasteiger partial charge >= 0.3 is 5.97 Å². The fourth-order valence-corrected chi connectivity index (χ4v) is 1.34. The highest BCUT2D eigenvalue weighted by molar-refractivity contribution is 6.14. The number of Topliss-reactive ketones (excluding diaryl/α,β-unsaturated/α-hetero) is 1. The number of benzene rings is 1. The molecule has 1 aromatic carbocycles. The van der Waals surface area contributed by atoms with Crippen molar-refractivity contribution in [1.29, 1.82) is 0 Å². The summed E-state index contributed by atoms with van der Waals surface area (Å²) < 4.78 is 5.04. The highest BCUT2D eigenvalue weighted by Crippen LogP contribution is 2.18. The quantitative estimate of drug-likeness (QED) is 0.506. The number of ether oxygens (including phenoxy) is 1. The van der Waals surface area contributed by atoms with Crippen molar-refractivity contribution in [3.63, 3.8) is 0 Å². The molecule has 1 aromatic rings. The predicted octanol–water partition coefficient (Wildman–Crippen LogP) is 1.96. The lowest BCUT2D eigenvalue weighted by atomic mass is 9.94. The van der Waals surface area contributed by atoms with Gasteiger partial charge in [-0.25, -0.2) is 4.79 Å². The van der Waals surface area contributed by atoms with Crippen molar-refractivity contribution in [2.75, 3.05) is 0 Å². The van der Waals surface area contributed by atoms with E-state index in [9.17, 15) is 14.7 Å². The number of esters is 1. The molecule has 18 heavy (non-hydrogen) atoms. The van der Waals surface area contributed by atoms with Crippen LogP contribution in [0.5, 0.6) is 0 Å². The Morgan fingerprint density at radius 1 is 1.06 bits per heavy atom. The molecule has 0 aromatic heterocycles. The number of ketones is 1. The first-order valence-corrected chi connectivity index (χ1v) is 5.70. The van der Waals surface area contributed by atoms with E-state index in [1.807, 2.05) is 0 Å². The van der Waals surface area contributed by atoms with E-state index in [1.165, 1.54) is 0 Å². The Kier molecular flexibility index (Phi) is 3.92. The van der Waals surface area contributed by atoms with Crippen LogP contribution in [0.15, 0.2) is 30.3 Å². The van der Waals surface area contributed by atoms with Crippen LogP contribution in [0.2, 0.25) is 0 Å². The second kappa shape index (κ2) is 4.90. The summed E-state index contributed by atoms with van der Waals surface area (Å²) in [6, 6.07) is 8.16. The lowest BCUT2D eigenvalue weighted by molar-refractivity contribution is -0.170. The van der Waals surface area contributed by atoms with Gasteiger partial charge in [0.05, 0.1) is 0 Å². The van der Waals surface area contributed by atoms with Gasteiger partial charge < -0.3 is 9.84 Å². The molecule has 98 valence electrons. The molecule has 0 saturated carbocycles. The van der Waals surface area contributed by atoms with E-state index >= 15 is 0 Å².